The first-order valence-electron chi connectivity index (χ1n) is 7.67. The van der Waals surface area contributed by atoms with Gasteiger partial charge in [-0.3, -0.25) is 9.59 Å². The van der Waals surface area contributed by atoms with Gasteiger partial charge in [-0.15, -0.1) is 0 Å². The van der Waals surface area contributed by atoms with E-state index < -0.39 is 5.92 Å². The number of hydrogen-bond acceptors (Lipinski definition) is 2. The van der Waals surface area contributed by atoms with Crippen molar-refractivity contribution < 1.29 is 9.59 Å². The van der Waals surface area contributed by atoms with Crippen molar-refractivity contribution in [2.75, 3.05) is 16.8 Å². The number of rotatable bonds is 3. The number of amides is 2. The molecule has 1 unspecified atom stereocenters. The molecule has 1 fully saturated rings. The Kier molecular flexibility index (Phi) is 5.23. The summed E-state index contributed by atoms with van der Waals surface area (Å²) >= 11 is 18.0. The van der Waals surface area contributed by atoms with Crippen molar-refractivity contribution in [1.82, 2.24) is 0 Å². The molecule has 2 amide bonds. The maximum atomic E-state index is 12.5. The highest BCUT2D eigenvalue weighted by molar-refractivity contribution is 6.35. The van der Waals surface area contributed by atoms with Crippen molar-refractivity contribution in [3.8, 4) is 0 Å². The highest BCUT2D eigenvalue weighted by atomic mass is 35.5. The molecule has 1 N–H and O–H groups in total. The van der Waals surface area contributed by atoms with Crippen LogP contribution in [0.1, 0.15) is 12.0 Å². The Balaban J connectivity index is 1.75. The summed E-state index contributed by atoms with van der Waals surface area (Å²) in [6.45, 7) is 2.19. The number of carbonyl (C=O) groups excluding carboxylic acids is 2. The highest BCUT2D eigenvalue weighted by Gasteiger charge is 2.35. The van der Waals surface area contributed by atoms with E-state index in [0.29, 0.717) is 27.3 Å². The summed E-state index contributed by atoms with van der Waals surface area (Å²) < 4.78 is 0. The van der Waals surface area contributed by atoms with Crippen molar-refractivity contribution in [3.05, 3.63) is 57.0 Å². The number of halogens is 3. The molecule has 0 saturated carbocycles. The van der Waals surface area contributed by atoms with Crippen LogP contribution in [0.2, 0.25) is 15.1 Å². The molecule has 1 aliphatic rings. The SMILES string of the molecule is Cc1cc(Cl)ccc1N1CC(C(=O)Nc2cc(Cl)ccc2Cl)CC1=O. The predicted octanol–water partition coefficient (Wildman–Crippen LogP) is 4.95. The third-order valence-electron chi connectivity index (χ3n) is 4.13. The Hall–Kier alpha value is -1.75. The molecule has 1 atom stereocenters. The minimum absolute atomic E-state index is 0.0947. The maximum absolute atomic E-state index is 12.5. The van der Waals surface area contributed by atoms with Crippen LogP contribution in [0.5, 0.6) is 0 Å². The Morgan fingerprint density at radius 3 is 2.52 bits per heavy atom. The summed E-state index contributed by atoms with van der Waals surface area (Å²) in [5, 5.41) is 4.23. The Labute approximate surface area is 160 Å². The lowest BCUT2D eigenvalue weighted by Gasteiger charge is -2.19. The Bertz CT molecular complexity index is 854. The summed E-state index contributed by atoms with van der Waals surface area (Å²) in [4.78, 5) is 26.5. The quantitative estimate of drug-likeness (QED) is 0.797. The second-order valence-corrected chi connectivity index (χ2v) is 7.23. The van der Waals surface area contributed by atoms with E-state index in [1.807, 2.05) is 6.92 Å². The highest BCUT2D eigenvalue weighted by Crippen LogP contribution is 2.31. The molecule has 1 aliphatic heterocycles. The van der Waals surface area contributed by atoms with Crippen LogP contribution in [0.15, 0.2) is 36.4 Å². The van der Waals surface area contributed by atoms with E-state index in [4.69, 9.17) is 34.8 Å². The van der Waals surface area contributed by atoms with E-state index in [9.17, 15) is 9.59 Å². The van der Waals surface area contributed by atoms with Crippen molar-refractivity contribution >= 4 is 58.0 Å². The lowest BCUT2D eigenvalue weighted by atomic mass is 10.1. The van der Waals surface area contributed by atoms with E-state index in [1.165, 1.54) is 0 Å². The van der Waals surface area contributed by atoms with Gasteiger partial charge in [-0.05, 0) is 48.9 Å². The van der Waals surface area contributed by atoms with E-state index in [0.717, 1.165) is 11.3 Å². The molecular formula is C18H15Cl3N2O2. The molecule has 2 aromatic rings. The zero-order valence-electron chi connectivity index (χ0n) is 13.4. The number of carbonyl (C=O) groups is 2. The second kappa shape index (κ2) is 7.24. The minimum atomic E-state index is -0.461. The summed E-state index contributed by atoms with van der Waals surface area (Å²) in [7, 11) is 0. The molecule has 1 heterocycles. The van der Waals surface area contributed by atoms with Crippen LogP contribution < -0.4 is 10.2 Å². The van der Waals surface area contributed by atoms with Crippen LogP contribution in [-0.4, -0.2) is 18.4 Å². The van der Waals surface area contributed by atoms with Gasteiger partial charge in [-0.1, -0.05) is 34.8 Å². The molecule has 2 aromatic carbocycles. The second-order valence-electron chi connectivity index (χ2n) is 5.95. The van der Waals surface area contributed by atoms with E-state index in [1.54, 1.807) is 41.3 Å². The first-order valence-corrected chi connectivity index (χ1v) is 8.81. The van der Waals surface area contributed by atoms with Crippen LogP contribution in [0.25, 0.3) is 0 Å². The molecular weight excluding hydrogens is 383 g/mol. The zero-order chi connectivity index (χ0) is 18.1. The van der Waals surface area contributed by atoms with Crippen LogP contribution in [0, 0.1) is 12.8 Å². The van der Waals surface area contributed by atoms with E-state index in [2.05, 4.69) is 5.32 Å². The van der Waals surface area contributed by atoms with E-state index in [-0.39, 0.29) is 18.2 Å². The molecule has 0 bridgehead atoms. The van der Waals surface area contributed by atoms with Gasteiger partial charge in [0.25, 0.3) is 0 Å². The van der Waals surface area contributed by atoms with Gasteiger partial charge in [0.05, 0.1) is 16.6 Å². The van der Waals surface area contributed by atoms with E-state index >= 15 is 0 Å². The predicted molar refractivity (Wildman–Crippen MR) is 102 cm³/mol. The van der Waals surface area contributed by atoms with Crippen molar-refractivity contribution in [2.24, 2.45) is 5.92 Å². The number of aryl methyl sites for hydroxylation is 1. The van der Waals surface area contributed by atoms with Crippen molar-refractivity contribution in [3.63, 3.8) is 0 Å². The van der Waals surface area contributed by atoms with Crippen molar-refractivity contribution in [2.45, 2.75) is 13.3 Å². The van der Waals surface area contributed by atoms with Gasteiger partial charge in [0.15, 0.2) is 0 Å². The molecule has 0 radical (unpaired) electrons. The molecule has 4 nitrogen and oxygen atoms in total. The fraction of sp³-hybridized carbons (Fsp3) is 0.222. The molecule has 1 saturated heterocycles. The Morgan fingerprint density at radius 2 is 1.80 bits per heavy atom. The lowest BCUT2D eigenvalue weighted by Crippen LogP contribution is -2.28. The average molecular weight is 398 g/mol. The summed E-state index contributed by atoms with van der Waals surface area (Å²) in [6, 6.07) is 10.2. The first kappa shape index (κ1) is 18.1. The zero-order valence-corrected chi connectivity index (χ0v) is 15.6. The fourth-order valence-corrected chi connectivity index (χ4v) is 3.43. The van der Waals surface area contributed by atoms with Crippen LogP contribution in [-0.2, 0) is 9.59 Å². The third-order valence-corrected chi connectivity index (χ3v) is 4.93. The molecule has 0 aliphatic carbocycles. The van der Waals surface area contributed by atoms with Gasteiger partial charge in [0, 0.05) is 28.7 Å². The topological polar surface area (TPSA) is 49.4 Å². The minimum Gasteiger partial charge on any atom is -0.324 e. The van der Waals surface area contributed by atoms with Gasteiger partial charge in [0.1, 0.15) is 0 Å². The fourth-order valence-electron chi connectivity index (χ4n) is 2.87. The first-order chi connectivity index (χ1) is 11.8. The number of anilines is 2. The average Bonchev–Trinajstić information content (AvgIpc) is 2.93. The normalized spacial score (nSPS) is 17.0. The molecule has 130 valence electrons. The largest absolute Gasteiger partial charge is 0.324 e. The number of nitrogens with one attached hydrogen (secondary N) is 1. The van der Waals surface area contributed by atoms with Gasteiger partial charge < -0.3 is 10.2 Å². The number of hydrogen-bond donors (Lipinski definition) is 1. The molecule has 3 rings (SSSR count). The molecule has 0 aromatic heterocycles. The van der Waals surface area contributed by atoms with Gasteiger partial charge >= 0.3 is 0 Å². The standard InChI is InChI=1S/C18H15Cl3N2O2/c1-10-6-12(19)3-5-16(10)23-9-11(7-17(23)24)18(25)22-15-8-13(20)2-4-14(15)21/h2-6,8,11H,7,9H2,1H3,(H,22,25). The van der Waals surface area contributed by atoms with Crippen LogP contribution >= 0.6 is 34.8 Å². The lowest BCUT2D eigenvalue weighted by molar-refractivity contribution is -0.122. The van der Waals surface area contributed by atoms with Gasteiger partial charge in [-0.25, -0.2) is 0 Å². The molecule has 25 heavy (non-hydrogen) atoms. The maximum Gasteiger partial charge on any atom is 0.229 e. The monoisotopic (exact) mass is 396 g/mol. The van der Waals surface area contributed by atoms with Crippen LogP contribution in [0.3, 0.4) is 0 Å². The van der Waals surface area contributed by atoms with Gasteiger partial charge in [0.2, 0.25) is 11.8 Å². The number of nitrogens with zero attached hydrogens (tertiary/aromatic N) is 1. The third kappa shape index (κ3) is 3.92. The van der Waals surface area contributed by atoms with Gasteiger partial charge in [-0.2, -0.15) is 0 Å². The number of benzene rings is 2. The summed E-state index contributed by atoms with van der Waals surface area (Å²) in [5.41, 5.74) is 2.10. The van der Waals surface area contributed by atoms with Crippen molar-refractivity contribution in [1.29, 1.82) is 0 Å². The Morgan fingerprint density at radius 1 is 1.12 bits per heavy atom. The molecule has 7 heteroatoms. The van der Waals surface area contributed by atoms with Crippen LogP contribution in [0.4, 0.5) is 11.4 Å². The smallest absolute Gasteiger partial charge is 0.229 e. The summed E-state index contributed by atoms with van der Waals surface area (Å²) in [6.07, 6.45) is 0.145. The molecule has 0 spiro atoms. The summed E-state index contributed by atoms with van der Waals surface area (Å²) in [5.74, 6) is -0.813.